The van der Waals surface area contributed by atoms with Gasteiger partial charge < -0.3 is 67.2 Å². The van der Waals surface area contributed by atoms with Crippen LogP contribution in [0.2, 0.25) is 0 Å². The van der Waals surface area contributed by atoms with Crippen LogP contribution in [0.4, 0.5) is 0 Å². The van der Waals surface area contributed by atoms with Crippen LogP contribution in [0.25, 0.3) is 0 Å². The van der Waals surface area contributed by atoms with E-state index in [1.165, 1.54) is 0 Å². The third-order valence-electron chi connectivity index (χ3n) is 7.32. The van der Waals surface area contributed by atoms with Gasteiger partial charge in [-0.2, -0.15) is 0 Å². The summed E-state index contributed by atoms with van der Waals surface area (Å²) in [5, 5.41) is 34.1. The van der Waals surface area contributed by atoms with Gasteiger partial charge in [0.1, 0.15) is 0 Å². The van der Waals surface area contributed by atoms with Crippen molar-refractivity contribution in [1.82, 2.24) is 30.7 Å². The number of nitrogens with zero attached hydrogens (tertiary/aromatic N) is 5. The van der Waals surface area contributed by atoms with E-state index in [0.29, 0.717) is 13.1 Å². The monoisotopic (exact) mass is 764 g/mol. The quantitative estimate of drug-likeness (QED) is 0.175. The summed E-state index contributed by atoms with van der Waals surface area (Å²) < 4.78 is 13.7. The van der Waals surface area contributed by atoms with Crippen molar-refractivity contribution in [3.05, 3.63) is 71.8 Å². The molecule has 0 bridgehead atoms. The van der Waals surface area contributed by atoms with Gasteiger partial charge in [-0.1, -0.05) is 60.7 Å². The number of hydrogen-bond acceptors (Lipinski definition) is 13. The molecule has 1 aliphatic rings. The van der Waals surface area contributed by atoms with Crippen LogP contribution < -0.4 is 26.4 Å². The summed E-state index contributed by atoms with van der Waals surface area (Å²) >= 11 is 0. The predicted octanol–water partition coefficient (Wildman–Crippen LogP) is -6.21. The fourth-order valence-corrected chi connectivity index (χ4v) is 7.03. The molecule has 20 heteroatoms. The van der Waals surface area contributed by atoms with Gasteiger partial charge in [-0.3, -0.25) is 24.5 Å². The van der Waals surface area contributed by atoms with E-state index in [9.17, 15) is 39.2 Å². The molecule has 0 aliphatic carbocycles. The molecule has 2 aromatic carbocycles. The van der Waals surface area contributed by atoms with Gasteiger partial charge in [0, 0.05) is 105 Å². The van der Waals surface area contributed by atoms with Crippen molar-refractivity contribution in [1.29, 1.82) is 0 Å². The largest absolute Gasteiger partial charge is 3.00 e. The first-order valence-electron chi connectivity index (χ1n) is 14.6. The summed E-state index contributed by atoms with van der Waals surface area (Å²) in [5.41, 5.74) is 1.94. The summed E-state index contributed by atoms with van der Waals surface area (Å²) in [7, 11) is -4.06. The molecule has 0 saturated carbocycles. The van der Waals surface area contributed by atoms with E-state index in [1.807, 2.05) is 65.6 Å². The summed E-state index contributed by atoms with van der Waals surface area (Å²) in [6, 6.07) is 19.2. The van der Waals surface area contributed by atoms with Gasteiger partial charge in [0.15, 0.2) is 0 Å². The van der Waals surface area contributed by atoms with Crippen molar-refractivity contribution in [3.63, 3.8) is 0 Å². The molecule has 1 atom stereocenters. The number of carboxylic acids is 3. The number of hydrogen-bond donors (Lipinski definition) is 1. The van der Waals surface area contributed by atoms with Crippen LogP contribution in [-0.4, -0.2) is 149 Å². The Hall–Kier alpha value is -2.49. The van der Waals surface area contributed by atoms with E-state index in [4.69, 9.17) is 0 Å². The number of carbonyl (C=O) groups is 3. The molecular weight excluding hydrogens is 712 g/mol. The first kappa shape index (κ1) is 54.3. The van der Waals surface area contributed by atoms with Crippen LogP contribution >= 0.6 is 7.37 Å². The molecule has 1 saturated heterocycles. The van der Waals surface area contributed by atoms with E-state index >= 15 is 0 Å². The standard InChI is InChI=1S/C30H44N5O8P.H3N.4H2O.Sc/c36-28(37)21-31-11-13-32(22-29(38)39)15-17-34(18-16-33(14-12-31)23-30(40)41)24-44(42,43)25-35(19-26-7-3-1-4-8-26)20-27-9-5-2-6-10-27;;;;;;/h1-10H,11-25H2,(H,36,37)(H,38,39)(H,40,41)(H,42,43);1H3;4*1H2;/q;;;;;;+3/p-3. The van der Waals surface area contributed by atoms with Crippen molar-refractivity contribution >= 4 is 25.3 Å². The topological polar surface area (TPSA) is 339 Å². The maximum atomic E-state index is 13.7. The van der Waals surface area contributed by atoms with Gasteiger partial charge in [-0.05, 0) is 11.1 Å². The third-order valence-corrected chi connectivity index (χ3v) is 8.98. The Labute approximate surface area is 311 Å². The number of rotatable bonds is 14. The minimum Gasteiger partial charge on any atom is -0.798 e. The molecule has 0 radical (unpaired) electrons. The molecule has 3 rings (SSSR count). The second kappa shape index (κ2) is 28.1. The molecule has 0 spiro atoms. The fraction of sp³-hybridized carbons (Fsp3) is 0.500. The molecule has 0 aromatic heterocycles. The normalized spacial score (nSPS) is 16.0. The molecule has 282 valence electrons. The van der Waals surface area contributed by atoms with Crippen LogP contribution in [0, 0.1) is 0 Å². The van der Waals surface area contributed by atoms with Gasteiger partial charge in [0.05, 0.1) is 17.9 Å². The zero-order valence-corrected chi connectivity index (χ0v) is 31.1. The van der Waals surface area contributed by atoms with Gasteiger partial charge in [-0.25, -0.2) is 0 Å². The summed E-state index contributed by atoms with van der Waals surface area (Å²) in [5.74, 6) is -3.91. The zero-order valence-electron chi connectivity index (χ0n) is 28.4. The minimum atomic E-state index is -4.06. The smallest absolute Gasteiger partial charge is 0.798 e. The number of carboxylic acid groups (broad SMARTS) is 3. The van der Waals surface area contributed by atoms with Crippen molar-refractivity contribution in [3.8, 4) is 0 Å². The SMILES string of the molecule is O.O.O.O.O=C([O-])CN1CCN(CC(=O)[O-])CCN(CP(=O)([O-])CN(Cc2ccccc2)Cc2ccccc2)CCN(CC(=O)[O-])CC1.[NH4+].[Sc+3]. The Morgan fingerprint density at radius 2 is 0.860 bits per heavy atom. The Morgan fingerprint density at radius 1 is 0.580 bits per heavy atom. The predicted molar refractivity (Wildman–Crippen MR) is 176 cm³/mol. The van der Waals surface area contributed by atoms with Crippen LogP contribution in [0.5, 0.6) is 0 Å². The number of quaternary nitrogens is 1. The van der Waals surface area contributed by atoms with E-state index in [1.54, 1.807) is 19.6 Å². The van der Waals surface area contributed by atoms with Gasteiger partial charge in [0.25, 0.3) is 0 Å². The molecule has 12 N–H and O–H groups in total. The zero-order chi connectivity index (χ0) is 32.0. The molecule has 1 heterocycles. The van der Waals surface area contributed by atoms with Crippen LogP contribution in [0.3, 0.4) is 0 Å². The fourth-order valence-electron chi connectivity index (χ4n) is 5.24. The van der Waals surface area contributed by atoms with E-state index in [-0.39, 0.29) is 119 Å². The molecule has 1 aliphatic heterocycles. The summed E-state index contributed by atoms with van der Waals surface area (Å²) in [4.78, 5) is 56.1. The maximum absolute atomic E-state index is 13.7. The van der Waals surface area contributed by atoms with Gasteiger partial charge in [-0.15, -0.1) is 0 Å². The van der Waals surface area contributed by atoms with Crippen molar-refractivity contribution in [2.45, 2.75) is 13.1 Å². The average molecular weight is 765 g/mol. The Kier molecular flexibility index (Phi) is 30.6. The molecule has 0 amide bonds. The Balaban J connectivity index is -0.00000176. The van der Waals surface area contributed by atoms with E-state index in [2.05, 4.69) is 0 Å². The summed E-state index contributed by atoms with van der Waals surface area (Å²) in [6.45, 7) is 1.14. The van der Waals surface area contributed by atoms with Crippen molar-refractivity contribution in [2.24, 2.45) is 0 Å². The maximum Gasteiger partial charge on any atom is 3.00 e. The van der Waals surface area contributed by atoms with Crippen LogP contribution in [-0.2, 0) is 57.9 Å². The number of carbonyl (C=O) groups excluding carboxylic acids is 3. The van der Waals surface area contributed by atoms with Crippen molar-refractivity contribution in [2.75, 3.05) is 84.6 Å². The van der Waals surface area contributed by atoms with E-state index in [0.717, 1.165) is 11.1 Å². The second-order valence-electron chi connectivity index (χ2n) is 11.1. The molecule has 1 fully saturated rings. The Morgan fingerprint density at radius 3 is 1.14 bits per heavy atom. The molecule has 1 unspecified atom stereocenters. The number of benzene rings is 2. The van der Waals surface area contributed by atoms with Gasteiger partial charge >= 0.3 is 25.8 Å². The first-order valence-corrected chi connectivity index (χ1v) is 16.6. The molecule has 2 aromatic rings. The number of aliphatic carboxylic acids is 3. The van der Waals surface area contributed by atoms with Crippen LogP contribution in [0.1, 0.15) is 11.1 Å². The molecule has 50 heavy (non-hydrogen) atoms. The average Bonchev–Trinajstić information content (AvgIpc) is 2.94. The van der Waals surface area contributed by atoms with Gasteiger partial charge in [0.2, 0.25) is 0 Å². The second-order valence-corrected chi connectivity index (χ2v) is 13.3. The van der Waals surface area contributed by atoms with Crippen LogP contribution in [0.15, 0.2) is 60.7 Å². The minimum absolute atomic E-state index is 0. The molecule has 18 nitrogen and oxygen atoms in total. The molecular formula is C30H52N6O12PSc. The van der Waals surface area contributed by atoms with E-state index < -0.39 is 44.9 Å². The third kappa shape index (κ3) is 22.4. The van der Waals surface area contributed by atoms with Crippen molar-refractivity contribution < 1.29 is 86.9 Å². The summed E-state index contributed by atoms with van der Waals surface area (Å²) in [6.07, 6.45) is -0.487. The Bertz CT molecular complexity index is 1180. The first-order chi connectivity index (χ1) is 21.0.